The average molecular weight is 338 g/mol. The van der Waals surface area contributed by atoms with E-state index in [9.17, 15) is 15.0 Å². The van der Waals surface area contributed by atoms with Crippen LogP contribution >= 0.6 is 0 Å². The van der Waals surface area contributed by atoms with Crippen molar-refractivity contribution in [2.45, 2.75) is 25.7 Å². The van der Waals surface area contributed by atoms with Gasteiger partial charge in [-0.2, -0.15) is 0 Å². The minimum atomic E-state index is -0.312. The Balaban J connectivity index is 1.75. The Kier molecular flexibility index (Phi) is 5.39. The van der Waals surface area contributed by atoms with Gasteiger partial charge in [0.2, 0.25) is 0 Å². The maximum absolute atomic E-state index is 12.5. The summed E-state index contributed by atoms with van der Waals surface area (Å²) >= 11 is 0. The van der Waals surface area contributed by atoms with Gasteiger partial charge in [-0.3, -0.25) is 4.79 Å². The number of benzene rings is 2. The zero-order chi connectivity index (χ0) is 17.6. The minimum absolute atomic E-state index is 0.0794. The van der Waals surface area contributed by atoms with E-state index in [1.165, 1.54) is 25.0 Å². The zero-order valence-electron chi connectivity index (χ0n) is 14.0. The lowest BCUT2D eigenvalue weighted by Gasteiger charge is -2.14. The molecule has 0 atom stereocenters. The van der Waals surface area contributed by atoms with Crippen LogP contribution < -0.4 is 4.74 Å². The highest BCUT2D eigenvalue weighted by Gasteiger charge is 2.19. The first-order valence-corrected chi connectivity index (χ1v) is 8.59. The second kappa shape index (κ2) is 7.88. The lowest BCUT2D eigenvalue weighted by Crippen LogP contribution is -2.10. The maximum atomic E-state index is 12.5. The molecule has 0 heterocycles. The van der Waals surface area contributed by atoms with Gasteiger partial charge in [0.15, 0.2) is 5.78 Å². The molecule has 1 saturated carbocycles. The summed E-state index contributed by atoms with van der Waals surface area (Å²) in [6.45, 7) is 0.575. The number of rotatable bonds is 6. The first-order valence-electron chi connectivity index (χ1n) is 8.59. The van der Waals surface area contributed by atoms with Crippen molar-refractivity contribution in [3.05, 3.63) is 59.7 Å². The van der Waals surface area contributed by atoms with Gasteiger partial charge < -0.3 is 14.9 Å². The Morgan fingerprint density at radius 3 is 2.52 bits per heavy atom. The molecule has 0 bridgehead atoms. The van der Waals surface area contributed by atoms with Crippen LogP contribution in [0.15, 0.2) is 48.5 Å². The Morgan fingerprint density at radius 2 is 1.80 bits per heavy atom. The molecule has 0 unspecified atom stereocenters. The number of phenolic OH excluding ortho intramolecular Hbond substituents is 2. The summed E-state index contributed by atoms with van der Waals surface area (Å²) in [5.41, 5.74) is 0.977. The van der Waals surface area contributed by atoms with E-state index in [1.807, 2.05) is 0 Å². The Hall–Kier alpha value is -2.75. The van der Waals surface area contributed by atoms with E-state index < -0.39 is 0 Å². The predicted molar refractivity (Wildman–Crippen MR) is 97.0 cm³/mol. The normalized spacial score (nSPS) is 14.9. The molecule has 0 aromatic heterocycles. The molecule has 25 heavy (non-hydrogen) atoms. The Labute approximate surface area is 147 Å². The monoisotopic (exact) mass is 338 g/mol. The maximum Gasteiger partial charge on any atom is 0.193 e. The number of carbonyl (C=O) groups excluding carboxylic acids is 1. The zero-order valence-corrected chi connectivity index (χ0v) is 14.0. The molecule has 0 saturated heterocycles. The van der Waals surface area contributed by atoms with E-state index in [1.54, 1.807) is 42.5 Å². The molecule has 2 aromatic rings. The fourth-order valence-corrected chi connectivity index (χ4v) is 3.11. The molecule has 1 aliphatic rings. The summed E-state index contributed by atoms with van der Waals surface area (Å²) in [5.74, 6) is 0.730. The van der Waals surface area contributed by atoms with E-state index >= 15 is 0 Å². The van der Waals surface area contributed by atoms with Crippen LogP contribution in [-0.2, 0) is 0 Å². The number of ketones is 1. The first kappa shape index (κ1) is 17.1. The van der Waals surface area contributed by atoms with Gasteiger partial charge in [-0.25, -0.2) is 0 Å². The van der Waals surface area contributed by atoms with Crippen LogP contribution in [0.2, 0.25) is 0 Å². The molecule has 3 rings (SSSR count). The van der Waals surface area contributed by atoms with Crippen LogP contribution in [0.4, 0.5) is 0 Å². The van der Waals surface area contributed by atoms with Crippen LogP contribution in [0.5, 0.6) is 17.2 Å². The third-order valence-corrected chi connectivity index (χ3v) is 4.52. The molecule has 0 radical (unpaired) electrons. The third kappa shape index (κ3) is 4.41. The van der Waals surface area contributed by atoms with Gasteiger partial charge in [-0.1, -0.05) is 37.1 Å². The van der Waals surface area contributed by atoms with Gasteiger partial charge in [0.05, 0.1) is 6.61 Å². The predicted octanol–water partition coefficient (Wildman–Crippen LogP) is 4.56. The topological polar surface area (TPSA) is 66.8 Å². The lowest BCUT2D eigenvalue weighted by molar-refractivity contribution is 0.104. The molecule has 0 aliphatic heterocycles. The summed E-state index contributed by atoms with van der Waals surface area (Å²) in [4.78, 5) is 12.5. The molecule has 4 heteroatoms. The molecule has 4 nitrogen and oxygen atoms in total. The molecule has 1 fully saturated rings. The number of hydrogen-bond donors (Lipinski definition) is 2. The van der Waals surface area contributed by atoms with Crippen LogP contribution in [0.3, 0.4) is 0 Å². The van der Waals surface area contributed by atoms with Gasteiger partial charge in [0, 0.05) is 0 Å². The van der Waals surface area contributed by atoms with E-state index in [-0.39, 0.29) is 22.8 Å². The smallest absolute Gasteiger partial charge is 0.193 e. The molecular formula is C21H22O4. The van der Waals surface area contributed by atoms with Crippen LogP contribution in [0.25, 0.3) is 6.08 Å². The highest BCUT2D eigenvalue weighted by atomic mass is 16.5. The second-order valence-corrected chi connectivity index (χ2v) is 6.40. The number of hydrogen-bond acceptors (Lipinski definition) is 4. The third-order valence-electron chi connectivity index (χ3n) is 4.52. The summed E-state index contributed by atoms with van der Waals surface area (Å²) in [6, 6.07) is 11.4. The molecule has 0 spiro atoms. The quantitative estimate of drug-likeness (QED) is 0.598. The lowest BCUT2D eigenvalue weighted by atomic mass is 10.1. The SMILES string of the molecule is O=C(/C=C/c1ccc(O)cc1)c1c(O)cccc1OCC1CCCC1. The van der Waals surface area contributed by atoms with E-state index in [0.717, 1.165) is 18.4 Å². The van der Waals surface area contributed by atoms with Crippen molar-refractivity contribution < 1.29 is 19.7 Å². The molecule has 2 aromatic carbocycles. The highest BCUT2D eigenvalue weighted by molar-refractivity contribution is 6.10. The molecule has 1 aliphatic carbocycles. The van der Waals surface area contributed by atoms with Crippen molar-refractivity contribution in [1.82, 2.24) is 0 Å². The highest BCUT2D eigenvalue weighted by Crippen LogP contribution is 2.31. The number of carbonyl (C=O) groups is 1. The average Bonchev–Trinajstić information content (AvgIpc) is 3.13. The van der Waals surface area contributed by atoms with Crippen molar-refractivity contribution in [1.29, 1.82) is 0 Å². The Morgan fingerprint density at radius 1 is 1.08 bits per heavy atom. The summed E-state index contributed by atoms with van der Waals surface area (Å²) in [6.07, 6.45) is 7.83. The van der Waals surface area contributed by atoms with Crippen LogP contribution in [0, 0.1) is 5.92 Å². The van der Waals surface area contributed by atoms with Crippen LogP contribution in [-0.4, -0.2) is 22.6 Å². The largest absolute Gasteiger partial charge is 0.508 e. The second-order valence-electron chi connectivity index (χ2n) is 6.40. The van der Waals surface area contributed by atoms with Gasteiger partial charge in [0.1, 0.15) is 22.8 Å². The van der Waals surface area contributed by atoms with E-state index in [2.05, 4.69) is 0 Å². The Bertz CT molecular complexity index is 756. The van der Waals surface area contributed by atoms with Crippen molar-refractivity contribution in [2.75, 3.05) is 6.61 Å². The van der Waals surface area contributed by atoms with Crippen molar-refractivity contribution >= 4 is 11.9 Å². The van der Waals surface area contributed by atoms with Crippen molar-refractivity contribution in [3.63, 3.8) is 0 Å². The standard InChI is InChI=1S/C21H22O4/c22-17-11-8-15(9-12-17)10-13-19(24)21-18(23)6-3-7-20(21)25-14-16-4-1-2-5-16/h3,6-13,16,22-23H,1-2,4-5,14H2/b13-10+. The summed E-state index contributed by atoms with van der Waals surface area (Å²) in [5, 5.41) is 19.4. The van der Waals surface area contributed by atoms with Gasteiger partial charge >= 0.3 is 0 Å². The van der Waals surface area contributed by atoms with Gasteiger partial charge in [-0.15, -0.1) is 0 Å². The van der Waals surface area contributed by atoms with Crippen molar-refractivity contribution in [3.8, 4) is 17.2 Å². The number of phenols is 2. The summed E-state index contributed by atoms with van der Waals surface area (Å²) in [7, 11) is 0. The fraction of sp³-hybridized carbons (Fsp3) is 0.286. The first-order chi connectivity index (χ1) is 12.1. The number of aromatic hydroxyl groups is 2. The minimum Gasteiger partial charge on any atom is -0.508 e. The van der Waals surface area contributed by atoms with Gasteiger partial charge in [-0.05, 0) is 54.7 Å². The summed E-state index contributed by atoms with van der Waals surface area (Å²) < 4.78 is 5.84. The van der Waals surface area contributed by atoms with Gasteiger partial charge in [0.25, 0.3) is 0 Å². The van der Waals surface area contributed by atoms with E-state index in [4.69, 9.17) is 4.74 Å². The number of ether oxygens (including phenoxy) is 1. The van der Waals surface area contributed by atoms with Crippen molar-refractivity contribution in [2.24, 2.45) is 5.92 Å². The molecular weight excluding hydrogens is 316 g/mol. The molecule has 2 N–H and O–H groups in total. The van der Waals surface area contributed by atoms with E-state index in [0.29, 0.717) is 18.3 Å². The number of allylic oxidation sites excluding steroid dienone is 1. The molecule has 0 amide bonds. The van der Waals surface area contributed by atoms with Crippen LogP contribution in [0.1, 0.15) is 41.6 Å². The fourth-order valence-electron chi connectivity index (χ4n) is 3.11. The molecule has 130 valence electrons.